The Morgan fingerprint density at radius 1 is 1.06 bits per heavy atom. The molecule has 1 atom stereocenters. The number of benzene rings is 3. The fourth-order valence-electron chi connectivity index (χ4n) is 5.57. The highest BCUT2D eigenvalue weighted by atomic mass is 32.1. The Morgan fingerprint density at radius 2 is 1.83 bits per heavy atom. The molecular weight excluding hydrogens is 612 g/mol. The summed E-state index contributed by atoms with van der Waals surface area (Å²) < 4.78 is 20.4. The number of methoxy groups -OCH3 is 1. The molecule has 2 aromatic heterocycles. The van der Waals surface area contributed by atoms with Gasteiger partial charge in [0.2, 0.25) is 0 Å². The maximum absolute atomic E-state index is 14.3. The van der Waals surface area contributed by atoms with Crippen molar-refractivity contribution in [3.05, 3.63) is 139 Å². The summed E-state index contributed by atoms with van der Waals surface area (Å²) in [7, 11) is 1.59. The smallest absolute Gasteiger partial charge is 0.338 e. The van der Waals surface area contributed by atoms with Gasteiger partial charge in [-0.25, -0.2) is 14.5 Å². The van der Waals surface area contributed by atoms with Crippen LogP contribution in [0, 0.1) is 6.92 Å². The molecule has 3 heterocycles. The maximum Gasteiger partial charge on any atom is 0.338 e. The second-order valence-electron chi connectivity index (χ2n) is 10.9. The van der Waals surface area contributed by atoms with Gasteiger partial charge in [0.05, 0.1) is 41.2 Å². The molecule has 47 heavy (non-hydrogen) atoms. The van der Waals surface area contributed by atoms with Crippen LogP contribution in [0.3, 0.4) is 0 Å². The molecule has 0 unspecified atom stereocenters. The number of hydrogen-bond donors (Lipinski definition) is 0. The van der Waals surface area contributed by atoms with E-state index in [2.05, 4.69) is 6.58 Å². The van der Waals surface area contributed by atoms with Crippen LogP contribution in [0.15, 0.2) is 113 Å². The molecule has 0 fully saturated rings. The van der Waals surface area contributed by atoms with Gasteiger partial charge in [0.25, 0.3) is 5.56 Å². The summed E-state index contributed by atoms with van der Waals surface area (Å²) in [5, 5.41) is 4.96. The van der Waals surface area contributed by atoms with Crippen LogP contribution < -0.4 is 24.4 Å². The molecule has 6 rings (SSSR count). The van der Waals surface area contributed by atoms with Gasteiger partial charge in [0.1, 0.15) is 23.8 Å². The number of fused-ring (bicyclic) bond motifs is 1. The van der Waals surface area contributed by atoms with E-state index in [1.165, 1.54) is 11.3 Å². The zero-order valence-corrected chi connectivity index (χ0v) is 27.4. The number of thiazole rings is 1. The lowest BCUT2D eigenvalue weighted by Crippen LogP contribution is -2.39. The van der Waals surface area contributed by atoms with Crippen molar-refractivity contribution < 1.29 is 19.0 Å². The monoisotopic (exact) mass is 646 g/mol. The first-order valence-corrected chi connectivity index (χ1v) is 16.0. The number of esters is 1. The lowest BCUT2D eigenvalue weighted by molar-refractivity contribution is -0.139. The predicted molar refractivity (Wildman–Crippen MR) is 183 cm³/mol. The predicted octanol–water partition coefficient (Wildman–Crippen LogP) is 5.53. The van der Waals surface area contributed by atoms with Crippen LogP contribution in [0.5, 0.6) is 11.5 Å². The first-order chi connectivity index (χ1) is 22.8. The summed E-state index contributed by atoms with van der Waals surface area (Å²) in [6, 6.07) is 22.3. The second-order valence-corrected chi connectivity index (χ2v) is 11.9. The Hall–Kier alpha value is -5.48. The van der Waals surface area contributed by atoms with Crippen LogP contribution in [0.2, 0.25) is 0 Å². The zero-order valence-electron chi connectivity index (χ0n) is 26.6. The van der Waals surface area contributed by atoms with Crippen LogP contribution in [0.1, 0.15) is 36.6 Å². The number of carbonyl (C=O) groups excluding carboxylic acids is 1. The molecule has 0 saturated carbocycles. The summed E-state index contributed by atoms with van der Waals surface area (Å²) in [6.45, 7) is 9.84. The van der Waals surface area contributed by atoms with Crippen LogP contribution >= 0.6 is 11.3 Å². The Kier molecular flexibility index (Phi) is 9.03. The molecule has 1 aliphatic rings. The first-order valence-electron chi connectivity index (χ1n) is 15.2. The molecule has 0 spiro atoms. The van der Waals surface area contributed by atoms with Gasteiger partial charge in [0, 0.05) is 17.3 Å². The van der Waals surface area contributed by atoms with Crippen molar-refractivity contribution in [2.24, 2.45) is 4.99 Å². The van der Waals surface area contributed by atoms with Gasteiger partial charge in [-0.15, -0.1) is 0 Å². The fraction of sp³-hybridized carbons (Fsp3) is 0.189. The van der Waals surface area contributed by atoms with E-state index in [1.54, 1.807) is 36.3 Å². The SMILES string of the molecule is C=CCOc1ccc(-c2nn(-c3ccccc3)cc2/C=c2\sc3n(c2=O)[C@@H](c2ccc(OC)cc2)C(C(=O)OCC)=C(C)N=3)cc1C. The molecule has 10 heteroatoms. The Labute approximate surface area is 276 Å². The number of rotatable bonds is 10. The molecule has 0 amide bonds. The summed E-state index contributed by atoms with van der Waals surface area (Å²) in [6.07, 6.45) is 5.47. The summed E-state index contributed by atoms with van der Waals surface area (Å²) in [5.41, 5.74) is 5.45. The number of carbonyl (C=O) groups is 1. The van der Waals surface area contributed by atoms with Crippen molar-refractivity contribution in [1.29, 1.82) is 0 Å². The molecule has 0 aliphatic carbocycles. The lowest BCUT2D eigenvalue weighted by Gasteiger charge is -2.24. The normalized spacial score (nSPS) is 14.4. The molecule has 9 nitrogen and oxygen atoms in total. The van der Waals surface area contributed by atoms with E-state index in [4.69, 9.17) is 24.3 Å². The van der Waals surface area contributed by atoms with Gasteiger partial charge >= 0.3 is 5.97 Å². The maximum atomic E-state index is 14.3. The number of aromatic nitrogens is 3. The molecule has 238 valence electrons. The molecule has 3 aromatic carbocycles. The molecular formula is C37H34N4O5S. The molecule has 5 aromatic rings. The minimum atomic E-state index is -0.726. The third kappa shape index (κ3) is 6.19. The molecule has 0 bridgehead atoms. The van der Waals surface area contributed by atoms with Crippen LogP contribution in [-0.2, 0) is 9.53 Å². The van der Waals surface area contributed by atoms with Crippen LogP contribution in [0.4, 0.5) is 0 Å². The standard InChI is InChI=1S/C37H34N4O5S/c1-6-19-46-30-18-15-26(20-23(30)3)33-27(22-40(39-33)28-11-9-8-10-12-28)21-31-35(42)41-34(25-13-16-29(44-5)17-14-25)32(36(43)45-7-2)24(4)38-37(41)47-31/h6,8-18,20-22,34H,1,7,19H2,2-5H3/b31-21-/t34-/m0/s1. The van der Waals surface area contributed by atoms with Crippen molar-refractivity contribution in [3.63, 3.8) is 0 Å². The van der Waals surface area contributed by atoms with E-state index in [-0.39, 0.29) is 12.2 Å². The van der Waals surface area contributed by atoms with E-state index >= 15 is 0 Å². The third-order valence-electron chi connectivity index (χ3n) is 7.80. The van der Waals surface area contributed by atoms with Gasteiger partial charge in [0.15, 0.2) is 4.80 Å². The lowest BCUT2D eigenvalue weighted by atomic mass is 9.96. The van der Waals surface area contributed by atoms with E-state index in [0.29, 0.717) is 38.7 Å². The topological polar surface area (TPSA) is 96.9 Å². The zero-order chi connectivity index (χ0) is 33.1. The van der Waals surface area contributed by atoms with Crippen LogP contribution in [0.25, 0.3) is 23.0 Å². The van der Waals surface area contributed by atoms with Gasteiger partial charge in [-0.1, -0.05) is 54.3 Å². The summed E-state index contributed by atoms with van der Waals surface area (Å²) in [4.78, 5) is 32.8. The molecule has 0 N–H and O–H groups in total. The van der Waals surface area contributed by atoms with Gasteiger partial charge in [-0.05, 0) is 80.4 Å². The number of para-hydroxylation sites is 1. The number of nitrogens with zero attached hydrogens (tertiary/aromatic N) is 4. The number of aryl methyl sites for hydroxylation is 1. The average molecular weight is 647 g/mol. The van der Waals surface area contributed by atoms with Gasteiger partial charge in [-0.2, -0.15) is 5.10 Å². The highest BCUT2D eigenvalue weighted by Crippen LogP contribution is 2.32. The number of ether oxygens (including phenoxy) is 3. The van der Waals surface area contributed by atoms with Gasteiger partial charge in [-0.3, -0.25) is 9.36 Å². The largest absolute Gasteiger partial charge is 0.497 e. The van der Waals surface area contributed by atoms with Gasteiger partial charge < -0.3 is 14.2 Å². The van der Waals surface area contributed by atoms with E-state index in [0.717, 1.165) is 33.7 Å². The Bertz CT molecular complexity index is 2180. The highest BCUT2D eigenvalue weighted by Gasteiger charge is 2.33. The molecule has 1 aliphatic heterocycles. The number of allylic oxidation sites excluding steroid dienone is 1. The Balaban J connectivity index is 1.53. The second kappa shape index (κ2) is 13.5. The quantitative estimate of drug-likeness (QED) is 0.146. The van der Waals surface area contributed by atoms with Crippen molar-refractivity contribution >= 4 is 23.4 Å². The van der Waals surface area contributed by atoms with E-state index in [1.807, 2.05) is 92.0 Å². The van der Waals surface area contributed by atoms with E-state index < -0.39 is 12.0 Å². The molecule has 0 saturated heterocycles. The summed E-state index contributed by atoms with van der Waals surface area (Å²) in [5.74, 6) is 0.918. The minimum absolute atomic E-state index is 0.199. The number of hydrogen-bond acceptors (Lipinski definition) is 8. The van der Waals surface area contributed by atoms with Crippen LogP contribution in [-0.4, -0.2) is 40.6 Å². The van der Waals surface area contributed by atoms with Crippen molar-refractivity contribution in [2.75, 3.05) is 20.3 Å². The first kappa shape index (κ1) is 31.5. The third-order valence-corrected chi connectivity index (χ3v) is 8.79. The minimum Gasteiger partial charge on any atom is -0.497 e. The van der Waals surface area contributed by atoms with Crippen molar-refractivity contribution in [3.8, 4) is 28.4 Å². The fourth-order valence-corrected chi connectivity index (χ4v) is 6.61. The van der Waals surface area contributed by atoms with Crippen molar-refractivity contribution in [1.82, 2.24) is 14.3 Å². The van der Waals surface area contributed by atoms with Crippen molar-refractivity contribution in [2.45, 2.75) is 26.8 Å². The molecule has 0 radical (unpaired) electrons. The highest BCUT2D eigenvalue weighted by molar-refractivity contribution is 7.07. The average Bonchev–Trinajstić information content (AvgIpc) is 3.64. The Morgan fingerprint density at radius 3 is 2.51 bits per heavy atom. The summed E-state index contributed by atoms with van der Waals surface area (Å²) >= 11 is 1.27. The van der Waals surface area contributed by atoms with E-state index in [9.17, 15) is 9.59 Å².